The van der Waals surface area contributed by atoms with Crippen molar-refractivity contribution in [3.05, 3.63) is 60.4 Å². The predicted molar refractivity (Wildman–Crippen MR) is 98.4 cm³/mol. The zero-order chi connectivity index (χ0) is 18.0. The van der Waals surface area contributed by atoms with Crippen molar-refractivity contribution in [1.29, 1.82) is 0 Å². The predicted octanol–water partition coefficient (Wildman–Crippen LogP) is 0.953. The normalized spacial score (nSPS) is 25.4. The molecule has 1 aromatic carbocycles. The molecule has 0 amide bonds. The fraction of sp³-hybridized carbons (Fsp3) is 0.389. The number of hydrogen-bond donors (Lipinski definition) is 2. The van der Waals surface area contributed by atoms with E-state index in [1.54, 1.807) is 34.8 Å². The van der Waals surface area contributed by atoms with Gasteiger partial charge in [0.2, 0.25) is 10.0 Å². The Bertz CT molecular complexity index is 823. The van der Waals surface area contributed by atoms with Gasteiger partial charge in [-0.3, -0.25) is 9.88 Å². The number of nitrogens with one attached hydrogen (secondary N) is 2. The molecule has 26 heavy (non-hydrogen) atoms. The van der Waals surface area contributed by atoms with Crippen LogP contribution in [-0.2, 0) is 10.0 Å². The van der Waals surface area contributed by atoms with E-state index in [0.29, 0.717) is 31.1 Å². The van der Waals surface area contributed by atoms with Crippen molar-refractivity contribution < 1.29 is 8.42 Å². The molecule has 0 radical (unpaired) electrons. The van der Waals surface area contributed by atoms with Crippen molar-refractivity contribution in [3.63, 3.8) is 0 Å². The number of piperazine rings is 1. The smallest absolute Gasteiger partial charge is 0.243 e. The van der Waals surface area contributed by atoms with E-state index in [4.69, 9.17) is 0 Å². The maximum absolute atomic E-state index is 12.7. The molecule has 3 heterocycles. The Balaban J connectivity index is 1.36. The quantitative estimate of drug-likeness (QED) is 0.831. The van der Waals surface area contributed by atoms with Crippen molar-refractivity contribution in [2.75, 3.05) is 26.2 Å². The number of rotatable bonds is 4. The largest absolute Gasteiger partial charge is 0.284 e. The molecule has 2 unspecified atom stereocenters. The number of pyridine rings is 1. The van der Waals surface area contributed by atoms with E-state index in [1.807, 2.05) is 18.3 Å². The van der Waals surface area contributed by atoms with E-state index < -0.39 is 10.0 Å². The molecule has 138 valence electrons. The Kier molecular flexibility index (Phi) is 5.01. The van der Waals surface area contributed by atoms with Gasteiger partial charge in [0.15, 0.2) is 0 Å². The average molecular weight is 373 g/mol. The summed E-state index contributed by atoms with van der Waals surface area (Å²) < 4.78 is 27.0. The van der Waals surface area contributed by atoms with E-state index in [2.05, 4.69) is 26.8 Å². The number of nitrogens with zero attached hydrogens (tertiary/aromatic N) is 3. The van der Waals surface area contributed by atoms with Gasteiger partial charge in [0.1, 0.15) is 0 Å². The SMILES string of the molecule is O=S(=O)(c1ccccc1)N1CCN(C2CC(c3cccnc3)NN2)CC1. The molecular weight excluding hydrogens is 350 g/mol. The first-order valence-corrected chi connectivity index (χ1v) is 10.3. The van der Waals surface area contributed by atoms with Gasteiger partial charge in [-0.2, -0.15) is 4.31 Å². The van der Waals surface area contributed by atoms with Crippen LogP contribution < -0.4 is 10.9 Å². The van der Waals surface area contributed by atoms with Crippen LogP contribution in [0.2, 0.25) is 0 Å². The van der Waals surface area contributed by atoms with E-state index in [9.17, 15) is 8.42 Å². The molecular formula is C18H23N5O2S. The third kappa shape index (κ3) is 3.51. The minimum Gasteiger partial charge on any atom is -0.284 e. The minimum atomic E-state index is -3.40. The molecule has 0 saturated carbocycles. The lowest BCUT2D eigenvalue weighted by molar-refractivity contribution is 0.123. The van der Waals surface area contributed by atoms with Crippen molar-refractivity contribution >= 4 is 10.0 Å². The summed E-state index contributed by atoms with van der Waals surface area (Å²) in [6.07, 6.45) is 4.78. The van der Waals surface area contributed by atoms with Crippen LogP contribution in [0, 0.1) is 0 Å². The lowest BCUT2D eigenvalue weighted by Gasteiger charge is -2.37. The highest BCUT2D eigenvalue weighted by Gasteiger charge is 2.34. The number of hydrogen-bond acceptors (Lipinski definition) is 6. The molecule has 2 N–H and O–H groups in total. The maximum atomic E-state index is 12.7. The van der Waals surface area contributed by atoms with E-state index in [1.165, 1.54) is 0 Å². The van der Waals surface area contributed by atoms with Gasteiger partial charge in [0.05, 0.1) is 17.1 Å². The van der Waals surface area contributed by atoms with Crippen LogP contribution in [0.1, 0.15) is 18.0 Å². The number of benzene rings is 1. The summed E-state index contributed by atoms with van der Waals surface area (Å²) in [6.45, 7) is 2.44. The highest BCUT2D eigenvalue weighted by molar-refractivity contribution is 7.89. The fourth-order valence-corrected chi connectivity index (χ4v) is 5.02. The second-order valence-corrected chi connectivity index (χ2v) is 8.57. The third-order valence-corrected chi connectivity index (χ3v) is 6.98. The van der Waals surface area contributed by atoms with Gasteiger partial charge in [0, 0.05) is 38.6 Å². The van der Waals surface area contributed by atoms with Gasteiger partial charge >= 0.3 is 0 Å². The molecule has 0 aliphatic carbocycles. The van der Waals surface area contributed by atoms with Crippen molar-refractivity contribution in [2.45, 2.75) is 23.5 Å². The molecule has 2 atom stereocenters. The van der Waals surface area contributed by atoms with Gasteiger partial charge in [0.25, 0.3) is 0 Å². The molecule has 1 aromatic heterocycles. The van der Waals surface area contributed by atoms with E-state index in [-0.39, 0.29) is 12.2 Å². The zero-order valence-corrected chi connectivity index (χ0v) is 15.3. The van der Waals surface area contributed by atoms with Gasteiger partial charge in [-0.25, -0.2) is 19.3 Å². The van der Waals surface area contributed by atoms with E-state index >= 15 is 0 Å². The molecule has 2 aliphatic heterocycles. The van der Waals surface area contributed by atoms with Gasteiger partial charge in [-0.1, -0.05) is 24.3 Å². The first kappa shape index (κ1) is 17.6. The molecule has 2 aliphatic rings. The highest BCUT2D eigenvalue weighted by atomic mass is 32.2. The average Bonchev–Trinajstić information content (AvgIpc) is 3.20. The second kappa shape index (κ2) is 7.42. The van der Waals surface area contributed by atoms with Crippen molar-refractivity contribution in [3.8, 4) is 0 Å². The van der Waals surface area contributed by atoms with Crippen LogP contribution in [0.25, 0.3) is 0 Å². The molecule has 7 nitrogen and oxygen atoms in total. The van der Waals surface area contributed by atoms with Gasteiger partial charge in [-0.15, -0.1) is 0 Å². The van der Waals surface area contributed by atoms with Crippen LogP contribution in [-0.4, -0.2) is 55.0 Å². The molecule has 4 rings (SSSR count). The van der Waals surface area contributed by atoms with Crippen LogP contribution in [0.15, 0.2) is 59.8 Å². The number of hydrazine groups is 1. The summed E-state index contributed by atoms with van der Waals surface area (Å²) in [5.74, 6) is 0. The fourth-order valence-electron chi connectivity index (χ4n) is 3.58. The maximum Gasteiger partial charge on any atom is 0.243 e. The van der Waals surface area contributed by atoms with Crippen LogP contribution >= 0.6 is 0 Å². The second-order valence-electron chi connectivity index (χ2n) is 6.63. The number of sulfonamides is 1. The zero-order valence-electron chi connectivity index (χ0n) is 14.5. The topological polar surface area (TPSA) is 77.6 Å². The minimum absolute atomic E-state index is 0.196. The summed E-state index contributed by atoms with van der Waals surface area (Å²) >= 11 is 0. The first-order valence-electron chi connectivity index (χ1n) is 8.85. The molecule has 2 fully saturated rings. The Hall–Kier alpha value is -1.84. The lowest BCUT2D eigenvalue weighted by Crippen LogP contribution is -2.55. The lowest BCUT2D eigenvalue weighted by atomic mass is 10.1. The van der Waals surface area contributed by atoms with Gasteiger partial charge < -0.3 is 0 Å². The molecule has 0 spiro atoms. The molecule has 0 bridgehead atoms. The van der Waals surface area contributed by atoms with Crippen molar-refractivity contribution in [2.24, 2.45) is 0 Å². The van der Waals surface area contributed by atoms with Crippen molar-refractivity contribution in [1.82, 2.24) is 25.0 Å². The molecule has 8 heteroatoms. The third-order valence-electron chi connectivity index (χ3n) is 5.06. The number of aromatic nitrogens is 1. The summed E-state index contributed by atoms with van der Waals surface area (Å²) in [6, 6.07) is 12.9. The summed E-state index contributed by atoms with van der Waals surface area (Å²) in [5, 5.41) is 0. The molecule has 2 saturated heterocycles. The summed E-state index contributed by atoms with van der Waals surface area (Å²) in [5.41, 5.74) is 7.82. The van der Waals surface area contributed by atoms with Crippen LogP contribution in [0.5, 0.6) is 0 Å². The Labute approximate surface area is 154 Å². The van der Waals surface area contributed by atoms with Crippen LogP contribution in [0.4, 0.5) is 0 Å². The summed E-state index contributed by atoms with van der Waals surface area (Å²) in [4.78, 5) is 6.85. The Morgan fingerprint density at radius 3 is 2.42 bits per heavy atom. The van der Waals surface area contributed by atoms with E-state index in [0.717, 1.165) is 12.0 Å². The molecule has 2 aromatic rings. The standard InChI is InChI=1S/C18H23N5O2S/c24-26(25,16-6-2-1-3-7-16)23-11-9-22(10-12-23)18-13-17(20-21-18)15-5-4-8-19-14-15/h1-8,14,17-18,20-21H,9-13H2. The first-order chi connectivity index (χ1) is 12.6. The monoisotopic (exact) mass is 373 g/mol. The van der Waals surface area contributed by atoms with Gasteiger partial charge in [-0.05, 0) is 30.2 Å². The Morgan fingerprint density at radius 1 is 0.962 bits per heavy atom. The summed E-state index contributed by atoms with van der Waals surface area (Å²) in [7, 11) is -3.40. The highest BCUT2D eigenvalue weighted by Crippen LogP contribution is 2.25. The van der Waals surface area contributed by atoms with Crippen LogP contribution in [0.3, 0.4) is 0 Å². The Morgan fingerprint density at radius 2 is 1.73 bits per heavy atom.